The maximum absolute atomic E-state index is 6.68. The van der Waals surface area contributed by atoms with Crippen molar-refractivity contribution in [3.8, 4) is 56.4 Å². The Bertz CT molecular complexity index is 2950. The predicted octanol–water partition coefficient (Wildman–Crippen LogP) is 12.8. The molecule has 0 bridgehead atoms. The molecule has 4 nitrogen and oxygen atoms in total. The smallest absolute Gasteiger partial charge is 0.164 e. The van der Waals surface area contributed by atoms with Crippen LogP contribution in [0.5, 0.6) is 0 Å². The molecule has 0 fully saturated rings. The molecular formula is C52H33N3O. The van der Waals surface area contributed by atoms with E-state index in [0.29, 0.717) is 17.5 Å². The van der Waals surface area contributed by atoms with Gasteiger partial charge in [0.2, 0.25) is 0 Å². The van der Waals surface area contributed by atoms with Gasteiger partial charge in [0.05, 0.1) is 5.41 Å². The van der Waals surface area contributed by atoms with Crippen LogP contribution in [0.25, 0.3) is 78.4 Å². The first kappa shape index (κ1) is 32.0. The summed E-state index contributed by atoms with van der Waals surface area (Å²) in [5, 5.41) is 2.20. The van der Waals surface area contributed by atoms with Gasteiger partial charge in [0, 0.05) is 27.5 Å². The number of rotatable bonds is 6. The largest absolute Gasteiger partial charge is 0.456 e. The van der Waals surface area contributed by atoms with Gasteiger partial charge in [0.1, 0.15) is 11.2 Å². The van der Waals surface area contributed by atoms with E-state index in [9.17, 15) is 0 Å². The molecule has 1 aliphatic rings. The number of benzene rings is 8. The second-order valence-electron chi connectivity index (χ2n) is 14.4. The lowest BCUT2D eigenvalue weighted by Gasteiger charge is -2.33. The van der Waals surface area contributed by atoms with Crippen LogP contribution < -0.4 is 0 Å². The minimum atomic E-state index is -0.475. The fourth-order valence-electron chi connectivity index (χ4n) is 8.64. The first-order valence-corrected chi connectivity index (χ1v) is 18.9. The van der Waals surface area contributed by atoms with E-state index in [-0.39, 0.29) is 0 Å². The molecule has 2 heterocycles. The Kier molecular flexibility index (Phi) is 7.36. The summed E-state index contributed by atoms with van der Waals surface area (Å²) >= 11 is 0. The Balaban J connectivity index is 1.02. The molecule has 0 saturated heterocycles. The molecule has 262 valence electrons. The van der Waals surface area contributed by atoms with Crippen molar-refractivity contribution in [3.63, 3.8) is 0 Å². The van der Waals surface area contributed by atoms with Gasteiger partial charge in [-0.2, -0.15) is 0 Å². The van der Waals surface area contributed by atoms with Gasteiger partial charge in [-0.05, 0) is 68.8 Å². The lowest BCUT2D eigenvalue weighted by atomic mass is 9.67. The highest BCUT2D eigenvalue weighted by Gasteiger charge is 2.46. The summed E-state index contributed by atoms with van der Waals surface area (Å²) in [6.45, 7) is 0. The highest BCUT2D eigenvalue weighted by molar-refractivity contribution is 6.09. The van der Waals surface area contributed by atoms with Gasteiger partial charge in [0.25, 0.3) is 0 Å². The summed E-state index contributed by atoms with van der Waals surface area (Å²) in [6, 6.07) is 70.4. The minimum absolute atomic E-state index is 0.475. The summed E-state index contributed by atoms with van der Waals surface area (Å²) in [5.74, 6) is 1.93. The van der Waals surface area contributed by atoms with Gasteiger partial charge >= 0.3 is 0 Å². The van der Waals surface area contributed by atoms with Gasteiger partial charge in [-0.1, -0.05) is 176 Å². The van der Waals surface area contributed by atoms with Crippen LogP contribution in [0.4, 0.5) is 0 Å². The molecule has 56 heavy (non-hydrogen) atoms. The first-order valence-electron chi connectivity index (χ1n) is 18.9. The van der Waals surface area contributed by atoms with Crippen molar-refractivity contribution in [2.45, 2.75) is 5.41 Å². The standard InChI is InChI=1S/C52H33N3O/c1-5-15-35(16-6-1)49-53-50(36-17-7-2-8-18-36)55-51(54-49)37-27-25-34(26-28-37)38-29-30-47-43(31-38)44-32-42-41-23-13-14-24-45(41)52(39-19-9-3-10-20-39,40-21-11-4-12-22-40)46(42)33-48(44)56-47/h1-33H. The predicted molar refractivity (Wildman–Crippen MR) is 226 cm³/mol. The first-order chi connectivity index (χ1) is 27.7. The summed E-state index contributed by atoms with van der Waals surface area (Å²) in [5.41, 5.74) is 13.8. The van der Waals surface area contributed by atoms with Crippen LogP contribution in [0.2, 0.25) is 0 Å². The molecule has 4 heteroatoms. The lowest BCUT2D eigenvalue weighted by molar-refractivity contribution is 0.666. The van der Waals surface area contributed by atoms with Crippen LogP contribution in [0.15, 0.2) is 205 Å². The molecule has 0 unspecified atom stereocenters. The van der Waals surface area contributed by atoms with Crippen molar-refractivity contribution >= 4 is 21.9 Å². The molecule has 2 aromatic heterocycles. The van der Waals surface area contributed by atoms with E-state index in [0.717, 1.165) is 49.8 Å². The second kappa shape index (κ2) is 12.9. The number of furan rings is 1. The van der Waals surface area contributed by atoms with E-state index in [1.807, 2.05) is 60.7 Å². The molecule has 0 amide bonds. The maximum atomic E-state index is 6.68. The van der Waals surface area contributed by atoms with Crippen LogP contribution in [0.1, 0.15) is 22.3 Å². The van der Waals surface area contributed by atoms with E-state index >= 15 is 0 Å². The van der Waals surface area contributed by atoms with E-state index < -0.39 is 5.41 Å². The molecule has 0 aliphatic heterocycles. The minimum Gasteiger partial charge on any atom is -0.456 e. The molecule has 1 aliphatic carbocycles. The third-order valence-corrected chi connectivity index (χ3v) is 11.2. The van der Waals surface area contributed by atoms with Crippen LogP contribution >= 0.6 is 0 Å². The third kappa shape index (κ3) is 5.04. The SMILES string of the molecule is c1ccc(-c2nc(-c3ccccc3)nc(-c3ccc(-c4ccc5oc6cc7c(cc6c5c4)-c4ccccc4C7(c4ccccc4)c4ccccc4)cc3)n2)cc1. The number of aromatic nitrogens is 3. The fourth-order valence-corrected chi connectivity index (χ4v) is 8.64. The highest BCUT2D eigenvalue weighted by atomic mass is 16.3. The average Bonchev–Trinajstić information content (AvgIpc) is 3.79. The number of fused-ring (bicyclic) bond motifs is 6. The molecule has 0 saturated carbocycles. The van der Waals surface area contributed by atoms with E-state index in [1.165, 1.54) is 33.4 Å². The Morgan fingerprint density at radius 2 is 0.786 bits per heavy atom. The van der Waals surface area contributed by atoms with Crippen molar-refractivity contribution in [3.05, 3.63) is 222 Å². The van der Waals surface area contributed by atoms with Crippen LogP contribution in [-0.4, -0.2) is 15.0 Å². The van der Waals surface area contributed by atoms with Crippen LogP contribution in [-0.2, 0) is 5.41 Å². The molecule has 0 spiro atoms. The fraction of sp³-hybridized carbons (Fsp3) is 0.0192. The lowest BCUT2D eigenvalue weighted by Crippen LogP contribution is -2.28. The summed E-state index contributed by atoms with van der Waals surface area (Å²) in [7, 11) is 0. The Morgan fingerprint density at radius 1 is 0.321 bits per heavy atom. The van der Waals surface area contributed by atoms with Gasteiger partial charge in [-0.3, -0.25) is 0 Å². The van der Waals surface area contributed by atoms with Gasteiger partial charge in [-0.15, -0.1) is 0 Å². The maximum Gasteiger partial charge on any atom is 0.164 e. The van der Waals surface area contributed by atoms with Crippen molar-refractivity contribution < 1.29 is 4.42 Å². The molecule has 10 aromatic rings. The molecular weight excluding hydrogens is 683 g/mol. The zero-order chi connectivity index (χ0) is 37.1. The second-order valence-corrected chi connectivity index (χ2v) is 14.4. The zero-order valence-electron chi connectivity index (χ0n) is 30.3. The van der Waals surface area contributed by atoms with Crippen molar-refractivity contribution in [1.82, 2.24) is 15.0 Å². The normalized spacial score (nSPS) is 12.8. The average molecular weight is 716 g/mol. The quantitative estimate of drug-likeness (QED) is 0.172. The highest BCUT2D eigenvalue weighted by Crippen LogP contribution is 2.57. The third-order valence-electron chi connectivity index (χ3n) is 11.2. The number of hydrogen-bond donors (Lipinski definition) is 0. The summed E-state index contributed by atoms with van der Waals surface area (Å²) in [6.07, 6.45) is 0. The van der Waals surface area contributed by atoms with E-state index in [2.05, 4.69) is 140 Å². The molecule has 8 aromatic carbocycles. The van der Waals surface area contributed by atoms with E-state index in [1.54, 1.807) is 0 Å². The van der Waals surface area contributed by atoms with Crippen molar-refractivity contribution in [1.29, 1.82) is 0 Å². The van der Waals surface area contributed by atoms with Gasteiger partial charge in [-0.25, -0.2) is 15.0 Å². The number of nitrogens with zero attached hydrogens (tertiary/aromatic N) is 3. The molecule has 11 rings (SSSR count). The van der Waals surface area contributed by atoms with Crippen LogP contribution in [0, 0.1) is 0 Å². The van der Waals surface area contributed by atoms with Gasteiger partial charge in [0.15, 0.2) is 17.5 Å². The van der Waals surface area contributed by atoms with E-state index in [4.69, 9.17) is 19.4 Å². The molecule has 0 radical (unpaired) electrons. The Hall–Kier alpha value is -7.43. The van der Waals surface area contributed by atoms with Crippen LogP contribution in [0.3, 0.4) is 0 Å². The Morgan fingerprint density at radius 3 is 1.38 bits per heavy atom. The number of hydrogen-bond acceptors (Lipinski definition) is 4. The molecule has 0 N–H and O–H groups in total. The molecule has 0 atom stereocenters. The summed E-state index contributed by atoms with van der Waals surface area (Å²) < 4.78 is 6.68. The topological polar surface area (TPSA) is 51.8 Å². The monoisotopic (exact) mass is 715 g/mol. The van der Waals surface area contributed by atoms with Crippen molar-refractivity contribution in [2.24, 2.45) is 0 Å². The van der Waals surface area contributed by atoms with Crippen molar-refractivity contribution in [2.75, 3.05) is 0 Å². The van der Waals surface area contributed by atoms with Gasteiger partial charge < -0.3 is 4.42 Å². The Labute approximate surface area is 324 Å². The summed E-state index contributed by atoms with van der Waals surface area (Å²) in [4.78, 5) is 14.7. The zero-order valence-corrected chi connectivity index (χ0v) is 30.3.